The van der Waals surface area contributed by atoms with Crippen LogP contribution in [0.2, 0.25) is 10.0 Å². The molecule has 0 saturated heterocycles. The summed E-state index contributed by atoms with van der Waals surface area (Å²) in [6, 6.07) is 11.1. The van der Waals surface area contributed by atoms with E-state index in [-0.39, 0.29) is 46.6 Å². The van der Waals surface area contributed by atoms with Gasteiger partial charge in [0.15, 0.2) is 11.6 Å². The first-order valence-corrected chi connectivity index (χ1v) is 9.39. The van der Waals surface area contributed by atoms with Crippen molar-refractivity contribution in [1.82, 2.24) is 20.1 Å². The molecule has 0 unspecified atom stereocenters. The van der Waals surface area contributed by atoms with E-state index in [1.54, 1.807) is 36.4 Å². The zero-order valence-corrected chi connectivity index (χ0v) is 16.9. The number of nitrogens with one attached hydrogen (secondary N) is 1. The molecule has 0 fully saturated rings. The average Bonchev–Trinajstić information content (AvgIpc) is 3.16. The van der Waals surface area contributed by atoms with Gasteiger partial charge in [-0.1, -0.05) is 35.3 Å². The zero-order chi connectivity index (χ0) is 21.8. The van der Waals surface area contributed by atoms with Crippen LogP contribution in [-0.2, 0) is 11.3 Å². The molecule has 0 atom stereocenters. The smallest absolute Gasteiger partial charge is 0.288 e. The van der Waals surface area contributed by atoms with E-state index in [0.29, 0.717) is 5.02 Å². The first-order valence-electron chi connectivity index (χ1n) is 8.63. The van der Waals surface area contributed by atoms with Crippen molar-refractivity contribution in [3.63, 3.8) is 0 Å². The van der Waals surface area contributed by atoms with Gasteiger partial charge in [-0.15, -0.1) is 5.10 Å². The molecule has 3 rings (SSSR count). The monoisotopic (exact) mass is 446 g/mol. The van der Waals surface area contributed by atoms with E-state index in [0.717, 1.165) is 0 Å². The standard InChI is InChI=1S/C19H16Cl2N6O3/c20-10-5-6-14(12(7-10)17(29)11-3-1-2-4-13(11)21)27-15(9-24-16(28)8-22)25-19(26-27)18(23)30/h1-7H,8-9,22H2,(H2,23,30)(H,24,28). The van der Waals surface area contributed by atoms with Gasteiger partial charge >= 0.3 is 0 Å². The number of aromatic nitrogens is 3. The van der Waals surface area contributed by atoms with Crippen molar-refractivity contribution in [2.75, 3.05) is 6.54 Å². The predicted molar refractivity (Wildman–Crippen MR) is 111 cm³/mol. The summed E-state index contributed by atoms with van der Waals surface area (Å²) >= 11 is 12.3. The molecule has 0 saturated carbocycles. The van der Waals surface area contributed by atoms with E-state index in [9.17, 15) is 14.4 Å². The number of nitrogens with two attached hydrogens (primary N) is 2. The number of nitrogens with zero attached hydrogens (tertiary/aromatic N) is 3. The summed E-state index contributed by atoms with van der Waals surface area (Å²) in [6.45, 7) is -0.327. The van der Waals surface area contributed by atoms with Gasteiger partial charge in [-0.2, -0.15) is 0 Å². The molecule has 1 aromatic heterocycles. The number of halogens is 2. The molecule has 0 radical (unpaired) electrons. The van der Waals surface area contributed by atoms with E-state index >= 15 is 0 Å². The summed E-state index contributed by atoms with van der Waals surface area (Å²) in [6.07, 6.45) is 0. The third kappa shape index (κ3) is 4.48. The number of rotatable bonds is 7. The molecular formula is C19H16Cl2N6O3. The summed E-state index contributed by atoms with van der Waals surface area (Å²) in [4.78, 5) is 40.4. The lowest BCUT2D eigenvalue weighted by Crippen LogP contribution is -2.30. The number of benzene rings is 2. The second-order valence-electron chi connectivity index (χ2n) is 6.08. The summed E-state index contributed by atoms with van der Waals surface area (Å²) in [5, 5.41) is 7.21. The highest BCUT2D eigenvalue weighted by molar-refractivity contribution is 6.35. The number of amides is 2. The maximum Gasteiger partial charge on any atom is 0.288 e. The van der Waals surface area contributed by atoms with Crippen LogP contribution in [0.25, 0.3) is 5.69 Å². The molecule has 3 aromatic rings. The van der Waals surface area contributed by atoms with Crippen molar-refractivity contribution >= 4 is 40.8 Å². The Morgan fingerprint density at radius 3 is 2.47 bits per heavy atom. The number of hydrogen-bond donors (Lipinski definition) is 3. The zero-order valence-electron chi connectivity index (χ0n) is 15.4. The lowest BCUT2D eigenvalue weighted by Gasteiger charge is -2.12. The maximum atomic E-state index is 13.2. The number of ketones is 1. The molecule has 0 spiro atoms. The van der Waals surface area contributed by atoms with Gasteiger partial charge < -0.3 is 16.8 Å². The minimum atomic E-state index is -0.868. The molecule has 11 heteroatoms. The van der Waals surface area contributed by atoms with Crippen LogP contribution in [-0.4, -0.2) is 38.9 Å². The third-order valence-electron chi connectivity index (χ3n) is 4.07. The summed E-state index contributed by atoms with van der Waals surface area (Å²) in [5.41, 5.74) is 11.3. The van der Waals surface area contributed by atoms with Crippen molar-refractivity contribution in [2.24, 2.45) is 11.5 Å². The average molecular weight is 447 g/mol. The van der Waals surface area contributed by atoms with Crippen molar-refractivity contribution < 1.29 is 14.4 Å². The Kier molecular flexibility index (Phi) is 6.46. The molecule has 0 aliphatic heterocycles. The van der Waals surface area contributed by atoms with Gasteiger partial charge in [-0.05, 0) is 30.3 Å². The Morgan fingerprint density at radius 1 is 1.07 bits per heavy atom. The number of hydrogen-bond acceptors (Lipinski definition) is 6. The molecule has 30 heavy (non-hydrogen) atoms. The van der Waals surface area contributed by atoms with Crippen LogP contribution in [0.3, 0.4) is 0 Å². The molecule has 5 N–H and O–H groups in total. The fourth-order valence-corrected chi connectivity index (χ4v) is 3.06. The molecule has 154 valence electrons. The van der Waals surface area contributed by atoms with E-state index in [4.69, 9.17) is 34.7 Å². The van der Waals surface area contributed by atoms with Crippen LogP contribution >= 0.6 is 23.2 Å². The molecule has 0 aliphatic carbocycles. The second kappa shape index (κ2) is 9.04. The van der Waals surface area contributed by atoms with Gasteiger partial charge in [0.25, 0.3) is 5.91 Å². The minimum absolute atomic E-state index is 0.0985. The number of carbonyl (C=O) groups excluding carboxylic acids is 3. The topological polar surface area (TPSA) is 146 Å². The Morgan fingerprint density at radius 2 is 1.80 bits per heavy atom. The molecule has 1 heterocycles. The van der Waals surface area contributed by atoms with E-state index in [2.05, 4.69) is 15.4 Å². The Balaban J connectivity index is 2.14. The van der Waals surface area contributed by atoms with Crippen LogP contribution < -0.4 is 16.8 Å². The van der Waals surface area contributed by atoms with Gasteiger partial charge in [-0.25, -0.2) is 9.67 Å². The van der Waals surface area contributed by atoms with Crippen LogP contribution in [0.1, 0.15) is 32.4 Å². The molecule has 2 amide bonds. The van der Waals surface area contributed by atoms with Crippen molar-refractivity contribution in [1.29, 1.82) is 0 Å². The van der Waals surface area contributed by atoms with Crippen LogP contribution in [0.15, 0.2) is 42.5 Å². The van der Waals surface area contributed by atoms with E-state index in [1.165, 1.54) is 10.7 Å². The highest BCUT2D eigenvalue weighted by Gasteiger charge is 2.22. The summed E-state index contributed by atoms with van der Waals surface area (Å²) < 4.78 is 1.25. The van der Waals surface area contributed by atoms with E-state index < -0.39 is 17.6 Å². The van der Waals surface area contributed by atoms with Gasteiger partial charge in [0.05, 0.1) is 23.8 Å². The van der Waals surface area contributed by atoms with Gasteiger partial charge in [-0.3, -0.25) is 14.4 Å². The number of carbonyl (C=O) groups is 3. The third-order valence-corrected chi connectivity index (χ3v) is 4.64. The van der Waals surface area contributed by atoms with Crippen molar-refractivity contribution in [3.8, 4) is 5.69 Å². The SMILES string of the molecule is NCC(=O)NCc1nc(C(N)=O)nn1-c1ccc(Cl)cc1C(=O)c1ccccc1Cl. The summed E-state index contributed by atoms with van der Waals surface area (Å²) in [7, 11) is 0. The van der Waals surface area contributed by atoms with Crippen LogP contribution in [0.5, 0.6) is 0 Å². The molecular weight excluding hydrogens is 431 g/mol. The molecule has 9 nitrogen and oxygen atoms in total. The van der Waals surface area contributed by atoms with Crippen LogP contribution in [0, 0.1) is 0 Å². The predicted octanol–water partition coefficient (Wildman–Crippen LogP) is 1.48. The normalized spacial score (nSPS) is 10.6. The highest BCUT2D eigenvalue weighted by Crippen LogP contribution is 2.26. The largest absolute Gasteiger partial charge is 0.363 e. The molecule has 0 bridgehead atoms. The lowest BCUT2D eigenvalue weighted by molar-refractivity contribution is -0.119. The lowest BCUT2D eigenvalue weighted by atomic mass is 10.0. The minimum Gasteiger partial charge on any atom is -0.363 e. The van der Waals surface area contributed by atoms with Crippen molar-refractivity contribution in [3.05, 3.63) is 75.3 Å². The van der Waals surface area contributed by atoms with Gasteiger partial charge in [0.2, 0.25) is 11.7 Å². The highest BCUT2D eigenvalue weighted by atomic mass is 35.5. The first kappa shape index (κ1) is 21.4. The summed E-state index contributed by atoms with van der Waals surface area (Å²) in [5.74, 6) is -1.83. The maximum absolute atomic E-state index is 13.2. The number of primary amides is 1. The van der Waals surface area contributed by atoms with Crippen molar-refractivity contribution in [2.45, 2.75) is 6.54 Å². The molecule has 2 aromatic carbocycles. The fourth-order valence-electron chi connectivity index (χ4n) is 2.67. The van der Waals surface area contributed by atoms with E-state index in [1.807, 2.05) is 0 Å². The Hall–Kier alpha value is -3.27. The quantitative estimate of drug-likeness (QED) is 0.468. The van der Waals surface area contributed by atoms with Gasteiger partial charge in [0.1, 0.15) is 0 Å². The van der Waals surface area contributed by atoms with Gasteiger partial charge in [0, 0.05) is 16.1 Å². The fraction of sp³-hybridized carbons (Fsp3) is 0.105. The molecule has 0 aliphatic rings. The Labute approximate surface area is 181 Å². The second-order valence-corrected chi connectivity index (χ2v) is 6.92. The van der Waals surface area contributed by atoms with Crippen LogP contribution in [0.4, 0.5) is 0 Å². The Bertz CT molecular complexity index is 1150. The first-order chi connectivity index (χ1) is 14.3.